The second-order valence-corrected chi connectivity index (χ2v) is 5.96. The van der Waals surface area contributed by atoms with E-state index in [-0.39, 0.29) is 24.5 Å². The van der Waals surface area contributed by atoms with Crippen LogP contribution in [0.5, 0.6) is 23.1 Å². The molecule has 0 atom stereocenters. The molecule has 2 aromatic carbocycles. The van der Waals surface area contributed by atoms with Gasteiger partial charge in [-0.3, -0.25) is 4.79 Å². The van der Waals surface area contributed by atoms with Crippen LogP contribution in [0.2, 0.25) is 0 Å². The average molecular weight is 418 g/mol. The molecule has 6 nitrogen and oxygen atoms in total. The number of hydrogen-bond acceptors (Lipinski definition) is 5. The fourth-order valence-corrected chi connectivity index (χ4v) is 2.40. The molecule has 9 heteroatoms. The van der Waals surface area contributed by atoms with Gasteiger partial charge in [-0.1, -0.05) is 24.3 Å². The third-order valence-corrected chi connectivity index (χ3v) is 3.73. The molecule has 1 amide bonds. The fourth-order valence-electron chi connectivity index (χ4n) is 2.40. The van der Waals surface area contributed by atoms with Gasteiger partial charge in [0.1, 0.15) is 17.2 Å². The molecule has 3 rings (SSSR count). The van der Waals surface area contributed by atoms with Crippen molar-refractivity contribution in [1.82, 2.24) is 10.3 Å². The Morgan fingerprint density at radius 1 is 0.933 bits per heavy atom. The number of hydrogen-bond donors (Lipinski definition) is 1. The quantitative estimate of drug-likeness (QED) is 0.585. The van der Waals surface area contributed by atoms with Crippen LogP contribution < -0.4 is 19.5 Å². The summed E-state index contributed by atoms with van der Waals surface area (Å²) in [5.74, 6) is 0.562. The van der Waals surface area contributed by atoms with Gasteiger partial charge in [-0.05, 0) is 36.4 Å². The van der Waals surface area contributed by atoms with E-state index in [1.54, 1.807) is 54.7 Å². The molecule has 0 saturated heterocycles. The maximum absolute atomic E-state index is 12.4. The molecule has 0 fully saturated rings. The first-order valence-corrected chi connectivity index (χ1v) is 8.81. The highest BCUT2D eigenvalue weighted by Gasteiger charge is 2.31. The van der Waals surface area contributed by atoms with Crippen molar-refractivity contribution in [3.8, 4) is 23.1 Å². The summed E-state index contributed by atoms with van der Waals surface area (Å²) in [6.45, 7) is -0.436. The van der Waals surface area contributed by atoms with Crippen LogP contribution in [-0.2, 0) is 11.3 Å². The molecule has 0 aliphatic heterocycles. The molecule has 1 aromatic heterocycles. The van der Waals surface area contributed by atoms with Crippen LogP contribution in [0, 0.1) is 0 Å². The SMILES string of the molecule is O=C(COc1ccc(Oc2ccccn2)cc1)NCc1ccccc1OC(F)(F)F. The summed E-state index contributed by atoms with van der Waals surface area (Å²) in [5, 5.41) is 2.50. The zero-order valence-corrected chi connectivity index (χ0v) is 15.6. The molecule has 0 saturated carbocycles. The van der Waals surface area contributed by atoms with Crippen LogP contribution in [0.15, 0.2) is 72.9 Å². The summed E-state index contributed by atoms with van der Waals surface area (Å²) in [7, 11) is 0. The lowest BCUT2D eigenvalue weighted by Crippen LogP contribution is -2.29. The number of pyridine rings is 1. The summed E-state index contributed by atoms with van der Waals surface area (Å²) in [6.07, 6.45) is -3.20. The van der Waals surface area contributed by atoms with E-state index in [2.05, 4.69) is 15.0 Å². The Kier molecular flexibility index (Phi) is 6.74. The molecule has 0 bridgehead atoms. The number of ether oxygens (including phenoxy) is 3. The van der Waals surface area contributed by atoms with E-state index in [0.29, 0.717) is 17.4 Å². The van der Waals surface area contributed by atoms with E-state index in [1.165, 1.54) is 18.2 Å². The number of halogens is 3. The van der Waals surface area contributed by atoms with E-state index < -0.39 is 12.3 Å². The van der Waals surface area contributed by atoms with Gasteiger partial charge in [0.05, 0.1) is 0 Å². The summed E-state index contributed by atoms with van der Waals surface area (Å²) >= 11 is 0. The second-order valence-electron chi connectivity index (χ2n) is 5.96. The summed E-state index contributed by atoms with van der Waals surface area (Å²) in [6, 6.07) is 17.4. The first kappa shape index (κ1) is 21.0. The van der Waals surface area contributed by atoms with Crippen LogP contribution in [0.3, 0.4) is 0 Å². The molecule has 156 valence electrons. The number of para-hydroxylation sites is 1. The van der Waals surface area contributed by atoms with Gasteiger partial charge >= 0.3 is 6.36 Å². The van der Waals surface area contributed by atoms with Crippen molar-refractivity contribution in [2.45, 2.75) is 12.9 Å². The van der Waals surface area contributed by atoms with Crippen molar-refractivity contribution in [2.75, 3.05) is 6.61 Å². The number of carbonyl (C=O) groups excluding carboxylic acids is 1. The first-order chi connectivity index (χ1) is 14.4. The number of nitrogens with one attached hydrogen (secondary N) is 1. The number of alkyl halides is 3. The van der Waals surface area contributed by atoms with Crippen LogP contribution in [0.4, 0.5) is 13.2 Å². The molecule has 1 heterocycles. The second kappa shape index (κ2) is 9.64. The van der Waals surface area contributed by atoms with Crippen molar-refractivity contribution in [3.05, 3.63) is 78.5 Å². The van der Waals surface area contributed by atoms with Gasteiger partial charge in [-0.2, -0.15) is 0 Å². The summed E-state index contributed by atoms with van der Waals surface area (Å²) in [5.41, 5.74) is 0.194. The summed E-state index contributed by atoms with van der Waals surface area (Å²) < 4.78 is 52.2. The average Bonchev–Trinajstić information content (AvgIpc) is 2.72. The van der Waals surface area contributed by atoms with Gasteiger partial charge in [0.25, 0.3) is 5.91 Å². The maximum Gasteiger partial charge on any atom is 0.573 e. The van der Waals surface area contributed by atoms with Crippen molar-refractivity contribution in [2.24, 2.45) is 0 Å². The Morgan fingerprint density at radius 3 is 2.33 bits per heavy atom. The molecule has 0 radical (unpaired) electrons. The Balaban J connectivity index is 1.47. The normalized spacial score (nSPS) is 10.9. The lowest BCUT2D eigenvalue weighted by atomic mass is 10.2. The van der Waals surface area contributed by atoms with E-state index in [9.17, 15) is 18.0 Å². The third-order valence-electron chi connectivity index (χ3n) is 3.73. The van der Waals surface area contributed by atoms with Crippen LogP contribution >= 0.6 is 0 Å². The van der Waals surface area contributed by atoms with Crippen molar-refractivity contribution in [3.63, 3.8) is 0 Å². The highest BCUT2D eigenvalue weighted by molar-refractivity contribution is 5.77. The van der Waals surface area contributed by atoms with Gasteiger partial charge in [0.15, 0.2) is 6.61 Å². The lowest BCUT2D eigenvalue weighted by molar-refractivity contribution is -0.274. The predicted octanol–water partition coefficient (Wildman–Crippen LogP) is 4.47. The lowest BCUT2D eigenvalue weighted by Gasteiger charge is -2.14. The van der Waals surface area contributed by atoms with Gasteiger partial charge in [-0.25, -0.2) is 4.98 Å². The van der Waals surface area contributed by atoms with E-state index in [0.717, 1.165) is 0 Å². The van der Waals surface area contributed by atoms with E-state index >= 15 is 0 Å². The Labute approximate surface area is 170 Å². The van der Waals surface area contributed by atoms with Crippen molar-refractivity contribution >= 4 is 5.91 Å². The zero-order chi connectivity index (χ0) is 21.4. The standard InChI is InChI=1S/C21H17F3N2O4/c22-21(23,24)30-18-6-2-1-5-15(18)13-26-19(27)14-28-16-8-10-17(11-9-16)29-20-7-3-4-12-25-20/h1-12H,13-14H2,(H,26,27). The molecule has 3 aromatic rings. The molecule has 0 unspecified atom stereocenters. The summed E-state index contributed by atoms with van der Waals surface area (Å²) in [4.78, 5) is 16.0. The largest absolute Gasteiger partial charge is 0.573 e. The number of rotatable bonds is 8. The highest BCUT2D eigenvalue weighted by Crippen LogP contribution is 2.26. The number of aromatic nitrogens is 1. The van der Waals surface area contributed by atoms with E-state index in [4.69, 9.17) is 9.47 Å². The molecule has 0 aliphatic carbocycles. The van der Waals surface area contributed by atoms with Crippen LogP contribution in [0.25, 0.3) is 0 Å². The Bertz CT molecular complexity index is 964. The molecular weight excluding hydrogens is 401 g/mol. The monoisotopic (exact) mass is 418 g/mol. The minimum atomic E-state index is -4.81. The smallest absolute Gasteiger partial charge is 0.484 e. The predicted molar refractivity (Wildman–Crippen MR) is 101 cm³/mol. The van der Waals surface area contributed by atoms with Crippen LogP contribution in [-0.4, -0.2) is 23.9 Å². The number of nitrogens with zero attached hydrogens (tertiary/aromatic N) is 1. The van der Waals surface area contributed by atoms with Crippen LogP contribution in [0.1, 0.15) is 5.56 Å². The van der Waals surface area contributed by atoms with Crippen molar-refractivity contribution < 1.29 is 32.2 Å². The zero-order valence-electron chi connectivity index (χ0n) is 15.6. The molecule has 1 N–H and O–H groups in total. The van der Waals surface area contributed by atoms with Gasteiger partial charge < -0.3 is 19.5 Å². The van der Waals surface area contributed by atoms with Gasteiger partial charge in [0.2, 0.25) is 5.88 Å². The Hall–Kier alpha value is -3.75. The Morgan fingerprint density at radius 2 is 1.63 bits per heavy atom. The topological polar surface area (TPSA) is 69.7 Å². The third kappa shape index (κ3) is 6.69. The molecule has 0 aliphatic rings. The fraction of sp³-hybridized carbons (Fsp3) is 0.143. The molecule has 30 heavy (non-hydrogen) atoms. The van der Waals surface area contributed by atoms with Gasteiger partial charge in [-0.15, -0.1) is 13.2 Å². The minimum Gasteiger partial charge on any atom is -0.484 e. The highest BCUT2D eigenvalue weighted by atomic mass is 19.4. The maximum atomic E-state index is 12.4. The molecular formula is C21H17F3N2O4. The number of carbonyl (C=O) groups is 1. The first-order valence-electron chi connectivity index (χ1n) is 8.81. The molecule has 0 spiro atoms. The van der Waals surface area contributed by atoms with Gasteiger partial charge in [0, 0.05) is 24.4 Å². The number of amides is 1. The van der Waals surface area contributed by atoms with E-state index in [1.807, 2.05) is 0 Å². The minimum absolute atomic E-state index is 0.134. The van der Waals surface area contributed by atoms with Crippen molar-refractivity contribution in [1.29, 1.82) is 0 Å². The number of benzene rings is 2.